The number of rotatable bonds is 2. The fourth-order valence-corrected chi connectivity index (χ4v) is 2.55. The van der Waals surface area contributed by atoms with Crippen molar-refractivity contribution < 1.29 is 4.79 Å². The summed E-state index contributed by atoms with van der Waals surface area (Å²) in [7, 11) is 0. The van der Waals surface area contributed by atoms with Crippen molar-refractivity contribution in [2.75, 3.05) is 5.32 Å². The number of carbonyl (C=O) groups is 1. The van der Waals surface area contributed by atoms with E-state index in [-0.39, 0.29) is 5.91 Å². The van der Waals surface area contributed by atoms with Crippen LogP contribution < -0.4 is 5.32 Å². The molecule has 0 bridgehead atoms. The topological polar surface area (TPSA) is 46.4 Å². The number of amides is 1. The standard InChI is InChI=1S/C12H8ClN3OS/c13-9-5-4-8(18-9)12(17)15-10-7-16-6-2-1-3-11(16)14-10/h1-7H,(H,15,17). The second-order valence-electron chi connectivity index (χ2n) is 3.65. The smallest absolute Gasteiger partial charge is 0.266 e. The average Bonchev–Trinajstić information content (AvgIpc) is 2.94. The molecule has 3 aromatic heterocycles. The second kappa shape index (κ2) is 4.44. The first kappa shape index (κ1) is 11.3. The number of fused-ring (bicyclic) bond motifs is 1. The summed E-state index contributed by atoms with van der Waals surface area (Å²) >= 11 is 7.03. The Morgan fingerprint density at radius 2 is 2.22 bits per heavy atom. The Hall–Kier alpha value is -1.85. The monoisotopic (exact) mass is 277 g/mol. The Morgan fingerprint density at radius 1 is 1.33 bits per heavy atom. The van der Waals surface area contributed by atoms with Crippen LogP contribution in [0.2, 0.25) is 4.34 Å². The summed E-state index contributed by atoms with van der Waals surface area (Å²) in [5.74, 6) is 0.325. The van der Waals surface area contributed by atoms with Crippen LogP contribution in [0.25, 0.3) is 5.65 Å². The summed E-state index contributed by atoms with van der Waals surface area (Å²) in [5, 5.41) is 2.74. The zero-order valence-electron chi connectivity index (χ0n) is 9.13. The molecule has 3 rings (SSSR count). The summed E-state index contributed by atoms with van der Waals surface area (Å²) < 4.78 is 2.44. The van der Waals surface area contributed by atoms with Crippen LogP contribution in [0.4, 0.5) is 5.82 Å². The third-order valence-corrected chi connectivity index (χ3v) is 3.63. The maximum Gasteiger partial charge on any atom is 0.266 e. The molecule has 0 spiro atoms. The largest absolute Gasteiger partial charge is 0.305 e. The fraction of sp³-hybridized carbons (Fsp3) is 0. The highest BCUT2D eigenvalue weighted by molar-refractivity contribution is 7.18. The van der Waals surface area contributed by atoms with E-state index in [0.717, 1.165) is 5.65 Å². The van der Waals surface area contributed by atoms with Gasteiger partial charge in [0.2, 0.25) is 0 Å². The Kier molecular flexibility index (Phi) is 2.77. The lowest BCUT2D eigenvalue weighted by Crippen LogP contribution is -2.10. The van der Waals surface area contributed by atoms with Crippen molar-refractivity contribution in [3.8, 4) is 0 Å². The number of carbonyl (C=O) groups excluding carboxylic acids is 1. The van der Waals surface area contributed by atoms with Crippen molar-refractivity contribution in [3.05, 3.63) is 51.9 Å². The molecule has 18 heavy (non-hydrogen) atoms. The highest BCUT2D eigenvalue weighted by atomic mass is 35.5. The molecule has 6 heteroatoms. The van der Waals surface area contributed by atoms with Crippen LogP contribution in [0, 0.1) is 0 Å². The highest BCUT2D eigenvalue weighted by Crippen LogP contribution is 2.22. The molecule has 0 aromatic carbocycles. The third-order valence-electron chi connectivity index (χ3n) is 2.40. The van der Waals surface area contributed by atoms with Gasteiger partial charge in [0.1, 0.15) is 5.65 Å². The number of aromatic nitrogens is 2. The molecule has 0 saturated heterocycles. The van der Waals surface area contributed by atoms with Gasteiger partial charge in [0.15, 0.2) is 5.82 Å². The van der Waals surface area contributed by atoms with E-state index in [1.165, 1.54) is 11.3 Å². The van der Waals surface area contributed by atoms with Crippen LogP contribution in [-0.4, -0.2) is 15.3 Å². The molecule has 0 unspecified atom stereocenters. The van der Waals surface area contributed by atoms with E-state index in [1.54, 1.807) is 18.3 Å². The summed E-state index contributed by atoms with van der Waals surface area (Å²) in [6.07, 6.45) is 3.64. The molecular weight excluding hydrogens is 270 g/mol. The molecule has 0 aliphatic heterocycles. The lowest BCUT2D eigenvalue weighted by molar-refractivity contribution is 0.103. The van der Waals surface area contributed by atoms with Crippen LogP contribution in [0.5, 0.6) is 0 Å². The third kappa shape index (κ3) is 2.10. The normalized spacial score (nSPS) is 10.7. The molecule has 1 N–H and O–H groups in total. The molecule has 0 aliphatic rings. The van der Waals surface area contributed by atoms with Crippen molar-refractivity contribution in [2.24, 2.45) is 0 Å². The zero-order chi connectivity index (χ0) is 12.5. The van der Waals surface area contributed by atoms with Gasteiger partial charge in [-0.2, -0.15) is 0 Å². The minimum Gasteiger partial charge on any atom is -0.305 e. The molecule has 0 aliphatic carbocycles. The molecule has 90 valence electrons. The van der Waals surface area contributed by atoms with Gasteiger partial charge in [-0.3, -0.25) is 4.79 Å². The number of pyridine rings is 1. The Bertz CT molecular complexity index is 686. The Balaban J connectivity index is 1.86. The zero-order valence-corrected chi connectivity index (χ0v) is 10.7. The summed E-state index contributed by atoms with van der Waals surface area (Å²) in [5.41, 5.74) is 0.789. The number of nitrogens with zero attached hydrogens (tertiary/aromatic N) is 2. The maximum absolute atomic E-state index is 11.9. The molecule has 0 radical (unpaired) electrons. The van der Waals surface area contributed by atoms with E-state index in [0.29, 0.717) is 15.0 Å². The van der Waals surface area contributed by atoms with Gasteiger partial charge in [0.25, 0.3) is 5.91 Å². The molecule has 0 saturated carbocycles. The molecule has 0 atom stereocenters. The molecule has 3 aromatic rings. The number of nitrogens with one attached hydrogen (secondary N) is 1. The van der Waals surface area contributed by atoms with E-state index in [1.807, 2.05) is 28.8 Å². The van der Waals surface area contributed by atoms with E-state index >= 15 is 0 Å². The van der Waals surface area contributed by atoms with E-state index in [9.17, 15) is 4.79 Å². The van der Waals surface area contributed by atoms with Crippen molar-refractivity contribution in [1.82, 2.24) is 9.38 Å². The molecule has 1 amide bonds. The van der Waals surface area contributed by atoms with Gasteiger partial charge in [-0.25, -0.2) is 4.98 Å². The van der Waals surface area contributed by atoms with Crippen molar-refractivity contribution in [2.45, 2.75) is 0 Å². The van der Waals surface area contributed by atoms with Crippen molar-refractivity contribution in [3.63, 3.8) is 0 Å². The van der Waals surface area contributed by atoms with Gasteiger partial charge in [-0.05, 0) is 24.3 Å². The van der Waals surface area contributed by atoms with Gasteiger partial charge in [-0.1, -0.05) is 17.7 Å². The van der Waals surface area contributed by atoms with E-state index in [4.69, 9.17) is 11.6 Å². The van der Waals surface area contributed by atoms with Crippen LogP contribution in [0.1, 0.15) is 9.67 Å². The van der Waals surface area contributed by atoms with Gasteiger partial charge in [0, 0.05) is 6.20 Å². The molecule has 0 fully saturated rings. The van der Waals surface area contributed by atoms with Crippen LogP contribution >= 0.6 is 22.9 Å². The number of halogens is 1. The Labute approximate surface area is 112 Å². The second-order valence-corrected chi connectivity index (χ2v) is 5.37. The number of imidazole rings is 1. The average molecular weight is 278 g/mol. The van der Waals surface area contributed by atoms with Gasteiger partial charge in [0.05, 0.1) is 15.4 Å². The van der Waals surface area contributed by atoms with Crippen LogP contribution in [0.15, 0.2) is 42.7 Å². The van der Waals surface area contributed by atoms with Crippen LogP contribution in [0.3, 0.4) is 0 Å². The van der Waals surface area contributed by atoms with E-state index in [2.05, 4.69) is 10.3 Å². The first-order chi connectivity index (χ1) is 8.72. The summed E-state index contributed by atoms with van der Waals surface area (Å²) in [6.45, 7) is 0. The number of hydrogen-bond acceptors (Lipinski definition) is 3. The Morgan fingerprint density at radius 3 is 2.94 bits per heavy atom. The molecule has 3 heterocycles. The first-order valence-corrected chi connectivity index (χ1v) is 6.42. The number of thiophene rings is 1. The number of anilines is 1. The summed E-state index contributed by atoms with van der Waals surface area (Å²) in [4.78, 5) is 16.8. The lowest BCUT2D eigenvalue weighted by Gasteiger charge is -1.97. The quantitative estimate of drug-likeness (QED) is 0.781. The van der Waals surface area contributed by atoms with Gasteiger partial charge >= 0.3 is 0 Å². The molecular formula is C12H8ClN3OS. The minimum absolute atomic E-state index is 0.199. The number of hydrogen-bond donors (Lipinski definition) is 1. The fourth-order valence-electron chi connectivity index (χ4n) is 1.61. The maximum atomic E-state index is 11.9. The molecule has 4 nitrogen and oxygen atoms in total. The van der Waals surface area contributed by atoms with Crippen molar-refractivity contribution in [1.29, 1.82) is 0 Å². The summed E-state index contributed by atoms with van der Waals surface area (Å²) in [6, 6.07) is 9.06. The highest BCUT2D eigenvalue weighted by Gasteiger charge is 2.10. The van der Waals surface area contributed by atoms with Gasteiger partial charge < -0.3 is 9.72 Å². The predicted molar refractivity (Wildman–Crippen MR) is 72.5 cm³/mol. The minimum atomic E-state index is -0.199. The first-order valence-electron chi connectivity index (χ1n) is 5.23. The van der Waals surface area contributed by atoms with E-state index < -0.39 is 0 Å². The lowest BCUT2D eigenvalue weighted by atomic mass is 10.4. The SMILES string of the molecule is O=C(Nc1cn2ccccc2n1)c1ccc(Cl)s1. The van der Waals surface area contributed by atoms with Gasteiger partial charge in [-0.15, -0.1) is 11.3 Å². The van der Waals surface area contributed by atoms with Crippen LogP contribution in [-0.2, 0) is 0 Å². The predicted octanol–water partition coefficient (Wildman–Crippen LogP) is 3.30. The van der Waals surface area contributed by atoms with Crippen molar-refractivity contribution >= 4 is 40.3 Å².